The minimum absolute atomic E-state index is 0.234. The zero-order valence-corrected chi connectivity index (χ0v) is 8.48. The lowest BCUT2D eigenvalue weighted by Gasteiger charge is -2.04. The van der Waals surface area contributed by atoms with Crippen LogP contribution in [0.1, 0.15) is 0 Å². The van der Waals surface area contributed by atoms with E-state index in [1.165, 1.54) is 7.11 Å². The predicted molar refractivity (Wildman–Crippen MR) is 47.7 cm³/mol. The smallest absolute Gasteiger partial charge is 0.235 e. The van der Waals surface area contributed by atoms with E-state index in [0.717, 1.165) is 6.26 Å². The number of sulfonamides is 1. The molecule has 2 N–H and O–H groups in total. The standard InChI is InChI=1S/C6H14N2O4S/c1-12-4-3-7-6(9)5-8-13(2,10)11/h8H,3-5H2,1-2H3,(H,7,9). The summed E-state index contributed by atoms with van der Waals surface area (Å²) in [5, 5.41) is 2.47. The molecule has 0 spiro atoms. The van der Waals surface area contributed by atoms with Crippen LogP contribution in [0.3, 0.4) is 0 Å². The Hall–Kier alpha value is -0.660. The highest BCUT2D eigenvalue weighted by molar-refractivity contribution is 7.88. The maximum Gasteiger partial charge on any atom is 0.235 e. The molecule has 0 aliphatic carbocycles. The van der Waals surface area contributed by atoms with E-state index in [2.05, 4.69) is 14.8 Å². The summed E-state index contributed by atoms with van der Waals surface area (Å²) >= 11 is 0. The number of hydrogen-bond acceptors (Lipinski definition) is 4. The van der Waals surface area contributed by atoms with Gasteiger partial charge in [-0.25, -0.2) is 13.1 Å². The summed E-state index contributed by atoms with van der Waals surface area (Å²) in [5.41, 5.74) is 0. The van der Waals surface area contributed by atoms with E-state index in [9.17, 15) is 13.2 Å². The largest absolute Gasteiger partial charge is 0.383 e. The van der Waals surface area contributed by atoms with Crippen LogP contribution in [0, 0.1) is 0 Å². The van der Waals surface area contributed by atoms with Crippen LogP contribution in [-0.4, -0.2) is 47.4 Å². The predicted octanol–water partition coefficient (Wildman–Crippen LogP) is -1.70. The van der Waals surface area contributed by atoms with E-state index in [0.29, 0.717) is 13.2 Å². The average Bonchev–Trinajstić information content (AvgIpc) is 2.00. The van der Waals surface area contributed by atoms with Gasteiger partial charge in [0.25, 0.3) is 0 Å². The van der Waals surface area contributed by atoms with Crippen molar-refractivity contribution in [3.63, 3.8) is 0 Å². The third-order valence-electron chi connectivity index (χ3n) is 1.12. The van der Waals surface area contributed by atoms with Crippen LogP contribution in [0.5, 0.6) is 0 Å². The maximum absolute atomic E-state index is 10.9. The Balaban J connectivity index is 3.53. The second-order valence-corrected chi connectivity index (χ2v) is 4.27. The molecule has 0 heterocycles. The molecule has 0 aromatic heterocycles. The molecule has 0 aromatic rings. The van der Waals surface area contributed by atoms with Gasteiger partial charge in [-0.2, -0.15) is 0 Å². The lowest BCUT2D eigenvalue weighted by Crippen LogP contribution is -2.37. The first kappa shape index (κ1) is 12.3. The minimum atomic E-state index is -3.29. The monoisotopic (exact) mass is 210 g/mol. The molecule has 0 bridgehead atoms. The Morgan fingerprint density at radius 3 is 2.54 bits per heavy atom. The first-order valence-corrected chi connectivity index (χ1v) is 5.55. The summed E-state index contributed by atoms with van der Waals surface area (Å²) in [7, 11) is -1.78. The van der Waals surface area contributed by atoms with Crippen molar-refractivity contribution in [2.24, 2.45) is 0 Å². The number of amides is 1. The Kier molecular flexibility index (Phi) is 5.60. The van der Waals surface area contributed by atoms with E-state index in [4.69, 9.17) is 0 Å². The van der Waals surface area contributed by atoms with Crippen LogP contribution in [0.4, 0.5) is 0 Å². The van der Waals surface area contributed by atoms with E-state index in [1.807, 2.05) is 0 Å². The second-order valence-electron chi connectivity index (χ2n) is 2.44. The highest BCUT2D eigenvalue weighted by Gasteiger charge is 2.04. The average molecular weight is 210 g/mol. The first-order chi connectivity index (χ1) is 5.95. The van der Waals surface area contributed by atoms with Crippen molar-refractivity contribution in [1.82, 2.24) is 10.0 Å². The number of ether oxygens (including phenoxy) is 1. The van der Waals surface area contributed by atoms with Gasteiger partial charge in [-0.05, 0) is 0 Å². The van der Waals surface area contributed by atoms with Crippen molar-refractivity contribution in [3.8, 4) is 0 Å². The van der Waals surface area contributed by atoms with Gasteiger partial charge in [0.05, 0.1) is 19.4 Å². The van der Waals surface area contributed by atoms with E-state index in [1.54, 1.807) is 0 Å². The summed E-state index contributed by atoms with van der Waals surface area (Å²) in [5.74, 6) is -0.373. The number of rotatable bonds is 6. The van der Waals surface area contributed by atoms with Crippen LogP contribution >= 0.6 is 0 Å². The topological polar surface area (TPSA) is 84.5 Å². The molecule has 0 unspecified atom stereocenters. The molecule has 0 atom stereocenters. The highest BCUT2D eigenvalue weighted by Crippen LogP contribution is 1.73. The molecule has 78 valence electrons. The number of carbonyl (C=O) groups is 1. The van der Waals surface area contributed by atoms with Crippen molar-refractivity contribution in [3.05, 3.63) is 0 Å². The fourth-order valence-corrected chi connectivity index (χ4v) is 0.945. The molecule has 6 nitrogen and oxygen atoms in total. The summed E-state index contributed by atoms with van der Waals surface area (Å²) in [6.07, 6.45) is 0.995. The molecule has 1 amide bonds. The lowest BCUT2D eigenvalue weighted by atomic mass is 10.6. The molecule has 0 aromatic carbocycles. The molecular formula is C6H14N2O4S. The molecule has 0 saturated heterocycles. The Morgan fingerprint density at radius 1 is 1.46 bits per heavy atom. The number of hydrogen-bond donors (Lipinski definition) is 2. The summed E-state index contributed by atoms with van der Waals surface area (Å²) in [4.78, 5) is 10.9. The van der Waals surface area contributed by atoms with Crippen LogP contribution in [0.25, 0.3) is 0 Å². The van der Waals surface area contributed by atoms with E-state index >= 15 is 0 Å². The fourth-order valence-electron chi connectivity index (χ4n) is 0.552. The second kappa shape index (κ2) is 5.90. The summed E-state index contributed by atoms with van der Waals surface area (Å²) in [6, 6.07) is 0. The van der Waals surface area contributed by atoms with Gasteiger partial charge in [-0.1, -0.05) is 0 Å². The fraction of sp³-hybridized carbons (Fsp3) is 0.833. The van der Waals surface area contributed by atoms with Gasteiger partial charge < -0.3 is 10.1 Å². The molecular weight excluding hydrogens is 196 g/mol. The van der Waals surface area contributed by atoms with Crippen LogP contribution < -0.4 is 10.0 Å². The van der Waals surface area contributed by atoms with Gasteiger partial charge in [0.15, 0.2) is 0 Å². The third-order valence-corrected chi connectivity index (χ3v) is 1.79. The molecule has 0 aliphatic rings. The van der Waals surface area contributed by atoms with Crippen LogP contribution in [0.15, 0.2) is 0 Å². The van der Waals surface area contributed by atoms with E-state index in [-0.39, 0.29) is 12.5 Å². The Morgan fingerprint density at radius 2 is 2.08 bits per heavy atom. The van der Waals surface area contributed by atoms with Crippen molar-refractivity contribution in [1.29, 1.82) is 0 Å². The van der Waals surface area contributed by atoms with Crippen molar-refractivity contribution in [2.45, 2.75) is 0 Å². The lowest BCUT2D eigenvalue weighted by molar-refractivity contribution is -0.120. The maximum atomic E-state index is 10.9. The molecule has 0 rings (SSSR count). The van der Waals surface area contributed by atoms with Gasteiger partial charge in [-0.15, -0.1) is 0 Å². The van der Waals surface area contributed by atoms with Crippen LogP contribution in [0.2, 0.25) is 0 Å². The molecule has 0 fully saturated rings. The van der Waals surface area contributed by atoms with E-state index < -0.39 is 10.0 Å². The molecule has 0 saturated carbocycles. The third kappa shape index (κ3) is 9.25. The molecule has 0 radical (unpaired) electrons. The van der Waals surface area contributed by atoms with Gasteiger partial charge in [0, 0.05) is 13.7 Å². The van der Waals surface area contributed by atoms with Crippen molar-refractivity contribution in [2.75, 3.05) is 33.1 Å². The zero-order valence-electron chi connectivity index (χ0n) is 7.66. The quantitative estimate of drug-likeness (QED) is 0.512. The van der Waals surface area contributed by atoms with Crippen LogP contribution in [-0.2, 0) is 19.6 Å². The first-order valence-electron chi connectivity index (χ1n) is 3.66. The molecule has 0 aliphatic heterocycles. The Labute approximate surface area is 77.7 Å². The van der Waals surface area contributed by atoms with Gasteiger partial charge in [-0.3, -0.25) is 4.79 Å². The zero-order chi connectivity index (χ0) is 10.3. The van der Waals surface area contributed by atoms with Gasteiger partial charge >= 0.3 is 0 Å². The summed E-state index contributed by atoms with van der Waals surface area (Å²) in [6.45, 7) is 0.550. The van der Waals surface area contributed by atoms with Crippen molar-refractivity contribution >= 4 is 15.9 Å². The number of methoxy groups -OCH3 is 1. The number of carbonyl (C=O) groups excluding carboxylic acids is 1. The SMILES string of the molecule is COCCNC(=O)CNS(C)(=O)=O. The minimum Gasteiger partial charge on any atom is -0.383 e. The highest BCUT2D eigenvalue weighted by atomic mass is 32.2. The van der Waals surface area contributed by atoms with Gasteiger partial charge in [0.2, 0.25) is 15.9 Å². The summed E-state index contributed by atoms with van der Waals surface area (Å²) < 4.78 is 27.9. The molecule has 13 heavy (non-hydrogen) atoms. The normalized spacial score (nSPS) is 11.2. The Bertz CT molecular complexity index is 249. The van der Waals surface area contributed by atoms with Crippen molar-refractivity contribution < 1.29 is 17.9 Å². The molecule has 7 heteroatoms. The number of nitrogens with one attached hydrogen (secondary N) is 2. The van der Waals surface area contributed by atoms with Gasteiger partial charge in [0.1, 0.15) is 0 Å².